The Kier molecular flexibility index (Phi) is 4.38. The van der Waals surface area contributed by atoms with Gasteiger partial charge in [-0.15, -0.1) is 0 Å². The summed E-state index contributed by atoms with van der Waals surface area (Å²) in [4.78, 5) is 12.4. The third-order valence-corrected chi connectivity index (χ3v) is 10.7. The van der Waals surface area contributed by atoms with E-state index in [4.69, 9.17) is 0 Å². The summed E-state index contributed by atoms with van der Waals surface area (Å²) in [5, 5.41) is 18.4. The van der Waals surface area contributed by atoms with Crippen LogP contribution in [-0.4, -0.2) is 16.5 Å². The zero-order valence-corrected chi connectivity index (χ0v) is 18.5. The Hall–Kier alpha value is -3.16. The van der Waals surface area contributed by atoms with Gasteiger partial charge in [-0.05, 0) is 63.4 Å². The molecule has 1 fully saturated rings. The van der Waals surface area contributed by atoms with Crippen LogP contribution in [0.5, 0.6) is 5.75 Å². The van der Waals surface area contributed by atoms with E-state index < -0.39 is 7.14 Å². The molecular weight excluding hydrogens is 415 g/mol. The molecule has 158 valence electrons. The number of hydrogen-bond acceptors (Lipinski definition) is 3. The second-order valence-electron chi connectivity index (χ2n) is 8.91. The van der Waals surface area contributed by atoms with Crippen LogP contribution in [0.1, 0.15) is 25.7 Å². The van der Waals surface area contributed by atoms with Crippen LogP contribution in [0.4, 0.5) is 0 Å². The smallest absolute Gasteiger partial charge is 0.147 e. The fourth-order valence-electron chi connectivity index (χ4n) is 5.57. The monoisotopic (exact) mass is 438 g/mol. The number of rotatable bonds is 3. The average molecular weight is 438 g/mol. The lowest BCUT2D eigenvalue weighted by molar-refractivity contribution is -0.120. The molecule has 2 unspecified atom stereocenters. The van der Waals surface area contributed by atoms with Gasteiger partial charge >= 0.3 is 0 Å². The van der Waals surface area contributed by atoms with Crippen molar-refractivity contribution < 1.29 is 14.5 Å². The SMILES string of the molecule is O=C1CCCC(P(=O)(c2cccc(O)c2)c2ccc3ccc4cccc5ccc2c3c45)C1. The van der Waals surface area contributed by atoms with E-state index >= 15 is 4.57 Å². The van der Waals surface area contributed by atoms with E-state index in [9.17, 15) is 9.90 Å². The molecule has 0 heterocycles. The van der Waals surface area contributed by atoms with Gasteiger partial charge in [0.25, 0.3) is 0 Å². The van der Waals surface area contributed by atoms with Crippen molar-refractivity contribution >= 4 is 55.9 Å². The highest BCUT2D eigenvalue weighted by atomic mass is 31.2. The van der Waals surface area contributed by atoms with Gasteiger partial charge < -0.3 is 9.67 Å². The second kappa shape index (κ2) is 7.18. The van der Waals surface area contributed by atoms with E-state index in [1.54, 1.807) is 18.2 Å². The number of ketones is 1. The molecule has 5 aromatic rings. The first kappa shape index (κ1) is 19.5. The van der Waals surface area contributed by atoms with Crippen LogP contribution < -0.4 is 10.6 Å². The predicted molar refractivity (Wildman–Crippen MR) is 132 cm³/mol. The van der Waals surface area contributed by atoms with Crippen molar-refractivity contribution in [1.82, 2.24) is 0 Å². The molecule has 6 rings (SSSR count). The van der Waals surface area contributed by atoms with Crippen molar-refractivity contribution in [3.63, 3.8) is 0 Å². The van der Waals surface area contributed by atoms with Crippen molar-refractivity contribution in [2.75, 3.05) is 0 Å². The molecule has 5 aromatic carbocycles. The maximum absolute atomic E-state index is 15.2. The molecule has 0 saturated heterocycles. The summed E-state index contributed by atoms with van der Waals surface area (Å²) >= 11 is 0. The summed E-state index contributed by atoms with van der Waals surface area (Å²) < 4.78 is 15.2. The molecule has 4 heteroatoms. The molecule has 1 aliphatic carbocycles. The molecule has 0 radical (unpaired) electrons. The topological polar surface area (TPSA) is 54.4 Å². The highest BCUT2D eigenvalue weighted by molar-refractivity contribution is 7.79. The van der Waals surface area contributed by atoms with Crippen molar-refractivity contribution in [2.45, 2.75) is 31.3 Å². The summed E-state index contributed by atoms with van der Waals surface area (Å²) in [6.07, 6.45) is 2.41. The molecule has 0 aliphatic heterocycles. The molecule has 3 nitrogen and oxygen atoms in total. The highest BCUT2D eigenvalue weighted by Gasteiger charge is 2.40. The highest BCUT2D eigenvalue weighted by Crippen LogP contribution is 2.55. The Bertz CT molecular complexity index is 1540. The quantitative estimate of drug-likeness (QED) is 0.273. The lowest BCUT2D eigenvalue weighted by Crippen LogP contribution is -2.30. The van der Waals surface area contributed by atoms with Crippen LogP contribution in [0.3, 0.4) is 0 Å². The van der Waals surface area contributed by atoms with E-state index in [0.717, 1.165) is 45.1 Å². The molecule has 32 heavy (non-hydrogen) atoms. The van der Waals surface area contributed by atoms with Gasteiger partial charge in [-0.1, -0.05) is 60.7 Å². The normalized spacial score (nSPS) is 19.0. The average Bonchev–Trinajstić information content (AvgIpc) is 2.82. The molecule has 1 saturated carbocycles. The fourth-order valence-corrected chi connectivity index (χ4v) is 9.14. The summed E-state index contributed by atoms with van der Waals surface area (Å²) in [6, 6.07) is 25.6. The van der Waals surface area contributed by atoms with Gasteiger partial charge in [0.1, 0.15) is 18.7 Å². The largest absolute Gasteiger partial charge is 0.508 e. The maximum Gasteiger partial charge on any atom is 0.147 e. The minimum absolute atomic E-state index is 0.0996. The van der Waals surface area contributed by atoms with E-state index in [0.29, 0.717) is 18.1 Å². The standard InChI is InChI=1S/C28H23O3P/c29-21-6-2-8-23(16-21)32(31,24-9-3-7-22(30)17-24)26-15-13-20-11-10-18-4-1-5-19-12-14-25(26)28(20)27(18)19/h1-2,4-6,8,10-16,24,29H,3,7,9,17H2. The Morgan fingerprint density at radius 1 is 0.812 bits per heavy atom. The van der Waals surface area contributed by atoms with Crippen LogP contribution in [0.25, 0.3) is 32.3 Å². The minimum atomic E-state index is -3.20. The van der Waals surface area contributed by atoms with E-state index in [1.165, 1.54) is 5.39 Å². The van der Waals surface area contributed by atoms with E-state index in [1.807, 2.05) is 12.1 Å². The Morgan fingerprint density at radius 2 is 1.50 bits per heavy atom. The molecule has 0 aromatic heterocycles. The van der Waals surface area contributed by atoms with Gasteiger partial charge in [0.2, 0.25) is 0 Å². The molecule has 0 bridgehead atoms. The number of Topliss-reactive ketones (excluding diaryl/α,β-unsaturated/α-hetero) is 1. The minimum Gasteiger partial charge on any atom is -0.508 e. The van der Waals surface area contributed by atoms with Crippen molar-refractivity contribution in [3.8, 4) is 5.75 Å². The van der Waals surface area contributed by atoms with Crippen LogP contribution >= 0.6 is 7.14 Å². The van der Waals surface area contributed by atoms with Crippen LogP contribution in [0, 0.1) is 0 Å². The summed E-state index contributed by atoms with van der Waals surface area (Å²) in [5.74, 6) is 0.280. The van der Waals surface area contributed by atoms with Crippen molar-refractivity contribution in [3.05, 3.63) is 78.9 Å². The molecule has 1 N–H and O–H groups in total. The summed E-state index contributed by atoms with van der Waals surface area (Å²) in [5.41, 5.74) is -0.246. The van der Waals surface area contributed by atoms with Gasteiger partial charge in [0, 0.05) is 29.1 Å². The molecule has 1 aliphatic rings. The number of aromatic hydroxyl groups is 1. The maximum atomic E-state index is 15.2. The molecule has 0 spiro atoms. The third-order valence-electron chi connectivity index (χ3n) is 7.05. The number of phenolic OH excluding ortho intramolecular Hbond substituents is 1. The Labute approximate surface area is 186 Å². The first-order chi connectivity index (χ1) is 15.6. The lowest BCUT2D eigenvalue weighted by atomic mass is 9.94. The first-order valence-electron chi connectivity index (χ1n) is 11.1. The zero-order chi connectivity index (χ0) is 21.9. The number of benzene rings is 5. The van der Waals surface area contributed by atoms with Crippen LogP contribution in [0.15, 0.2) is 78.9 Å². The van der Waals surface area contributed by atoms with Crippen LogP contribution in [0.2, 0.25) is 0 Å². The van der Waals surface area contributed by atoms with Gasteiger partial charge in [-0.25, -0.2) is 0 Å². The van der Waals surface area contributed by atoms with E-state index in [2.05, 4.69) is 48.5 Å². The van der Waals surface area contributed by atoms with Crippen molar-refractivity contribution in [1.29, 1.82) is 0 Å². The van der Waals surface area contributed by atoms with E-state index in [-0.39, 0.29) is 17.2 Å². The third kappa shape index (κ3) is 2.81. The Morgan fingerprint density at radius 3 is 2.25 bits per heavy atom. The first-order valence-corrected chi connectivity index (χ1v) is 12.9. The summed E-state index contributed by atoms with van der Waals surface area (Å²) in [6.45, 7) is 0. The number of phenols is 1. The van der Waals surface area contributed by atoms with Gasteiger partial charge in [0.15, 0.2) is 0 Å². The number of carbonyl (C=O) groups is 1. The fraction of sp³-hybridized carbons (Fsp3) is 0.179. The second-order valence-corrected chi connectivity index (χ2v) is 12.0. The predicted octanol–water partition coefficient (Wildman–Crippen LogP) is 6.12. The van der Waals surface area contributed by atoms with Crippen molar-refractivity contribution in [2.24, 2.45) is 0 Å². The number of hydrogen-bond donors (Lipinski definition) is 1. The Balaban J connectivity index is 1.71. The molecule has 2 atom stereocenters. The zero-order valence-electron chi connectivity index (χ0n) is 17.6. The van der Waals surface area contributed by atoms with Gasteiger partial charge in [-0.2, -0.15) is 0 Å². The molecular formula is C28H23O3P. The van der Waals surface area contributed by atoms with Crippen LogP contribution in [-0.2, 0) is 9.36 Å². The van der Waals surface area contributed by atoms with Gasteiger partial charge in [-0.3, -0.25) is 4.79 Å². The molecule has 0 amide bonds. The lowest BCUT2D eigenvalue weighted by Gasteiger charge is -2.32. The number of carbonyl (C=O) groups excluding carboxylic acids is 1. The summed E-state index contributed by atoms with van der Waals surface area (Å²) in [7, 11) is -3.20. The van der Waals surface area contributed by atoms with Gasteiger partial charge in [0.05, 0.1) is 0 Å².